The van der Waals surface area contributed by atoms with Crippen molar-refractivity contribution in [2.75, 3.05) is 9.80 Å². The van der Waals surface area contributed by atoms with Gasteiger partial charge >= 0.3 is 0 Å². The van der Waals surface area contributed by atoms with E-state index >= 15 is 0 Å². The molecule has 0 radical (unpaired) electrons. The fraction of sp³-hybridized carbons (Fsp3) is 0.0870. The van der Waals surface area contributed by atoms with E-state index in [-0.39, 0.29) is 5.91 Å². The molecule has 2 heterocycles. The van der Waals surface area contributed by atoms with Crippen LogP contribution in [0.15, 0.2) is 78.6 Å². The molecule has 126 valence electrons. The van der Waals surface area contributed by atoms with Crippen LogP contribution >= 0.6 is 0 Å². The Labute approximate surface area is 152 Å². The van der Waals surface area contributed by atoms with Gasteiger partial charge in [-0.05, 0) is 48.4 Å². The average Bonchev–Trinajstić information content (AvgIpc) is 2.68. The molecule has 3 nitrogen and oxygen atoms in total. The van der Waals surface area contributed by atoms with Gasteiger partial charge in [-0.25, -0.2) is 0 Å². The molecule has 0 unspecified atom stereocenters. The van der Waals surface area contributed by atoms with Gasteiger partial charge < -0.3 is 4.90 Å². The first-order chi connectivity index (χ1) is 12.7. The molecule has 0 saturated heterocycles. The van der Waals surface area contributed by atoms with Gasteiger partial charge in [-0.15, -0.1) is 0 Å². The van der Waals surface area contributed by atoms with Crippen LogP contribution in [0.4, 0.5) is 11.4 Å². The van der Waals surface area contributed by atoms with E-state index in [0.717, 1.165) is 29.3 Å². The summed E-state index contributed by atoms with van der Waals surface area (Å²) in [5.41, 5.74) is 6.22. The van der Waals surface area contributed by atoms with E-state index in [1.807, 2.05) is 59.5 Å². The van der Waals surface area contributed by atoms with Crippen LogP contribution in [0.2, 0.25) is 0 Å². The highest BCUT2D eigenvalue weighted by Crippen LogP contribution is 2.40. The van der Waals surface area contributed by atoms with E-state index in [0.29, 0.717) is 0 Å². The van der Waals surface area contributed by atoms with Crippen LogP contribution in [-0.2, 0) is 6.54 Å². The number of nitrogens with zero attached hydrogens (tertiary/aromatic N) is 2. The number of hydrogen-bond acceptors (Lipinski definition) is 2. The monoisotopic (exact) mass is 338 g/mol. The minimum atomic E-state index is 0.0198. The zero-order chi connectivity index (χ0) is 17.7. The molecule has 0 fully saturated rings. The highest BCUT2D eigenvalue weighted by atomic mass is 16.2. The topological polar surface area (TPSA) is 23.6 Å². The van der Waals surface area contributed by atoms with Crippen LogP contribution in [0.3, 0.4) is 0 Å². The van der Waals surface area contributed by atoms with E-state index in [9.17, 15) is 4.79 Å². The number of para-hydroxylation sites is 1. The van der Waals surface area contributed by atoms with Crippen molar-refractivity contribution in [1.82, 2.24) is 0 Å². The molecule has 0 aliphatic carbocycles. The van der Waals surface area contributed by atoms with Crippen molar-refractivity contribution in [2.45, 2.75) is 13.5 Å². The zero-order valence-electron chi connectivity index (χ0n) is 14.5. The Kier molecular flexibility index (Phi) is 3.22. The van der Waals surface area contributed by atoms with Gasteiger partial charge in [0.15, 0.2) is 0 Å². The first kappa shape index (κ1) is 15.0. The Balaban J connectivity index is 1.75. The maximum atomic E-state index is 13.3. The van der Waals surface area contributed by atoms with Crippen molar-refractivity contribution in [3.63, 3.8) is 0 Å². The number of hydrogen-bond donors (Lipinski definition) is 0. The molecule has 5 rings (SSSR count). The Morgan fingerprint density at radius 1 is 0.846 bits per heavy atom. The summed E-state index contributed by atoms with van der Waals surface area (Å²) in [6.45, 7) is 2.81. The number of fused-ring (bicyclic) bond motifs is 4. The van der Waals surface area contributed by atoms with Crippen LogP contribution in [0.5, 0.6) is 0 Å². The minimum absolute atomic E-state index is 0.0198. The van der Waals surface area contributed by atoms with Gasteiger partial charge in [0.1, 0.15) is 5.82 Å². The largest absolute Gasteiger partial charge is 0.322 e. The van der Waals surface area contributed by atoms with Gasteiger partial charge in [-0.2, -0.15) is 0 Å². The van der Waals surface area contributed by atoms with Crippen LogP contribution in [0.1, 0.15) is 27.0 Å². The molecule has 3 aromatic rings. The lowest BCUT2D eigenvalue weighted by Gasteiger charge is -2.42. The molecular weight excluding hydrogens is 320 g/mol. The Bertz CT molecular complexity index is 1050. The van der Waals surface area contributed by atoms with Gasteiger partial charge in [-0.1, -0.05) is 54.1 Å². The Morgan fingerprint density at radius 3 is 2.42 bits per heavy atom. The van der Waals surface area contributed by atoms with E-state index in [4.69, 9.17) is 0 Å². The lowest BCUT2D eigenvalue weighted by Crippen LogP contribution is -2.45. The first-order valence-corrected chi connectivity index (χ1v) is 8.80. The number of carbonyl (C=O) groups excluding carboxylic acids is 1. The molecule has 0 bridgehead atoms. The fourth-order valence-electron chi connectivity index (χ4n) is 3.74. The summed E-state index contributed by atoms with van der Waals surface area (Å²) in [6, 6.07) is 24.4. The average molecular weight is 338 g/mol. The molecule has 0 saturated carbocycles. The third kappa shape index (κ3) is 2.17. The lowest BCUT2D eigenvalue weighted by atomic mass is 9.98. The summed E-state index contributed by atoms with van der Waals surface area (Å²) in [6.07, 6.45) is 2.12. The summed E-state index contributed by atoms with van der Waals surface area (Å²) in [5.74, 6) is 0.933. The van der Waals surface area contributed by atoms with Crippen molar-refractivity contribution in [3.8, 4) is 0 Å². The molecule has 3 heteroatoms. The maximum Gasteiger partial charge on any atom is 0.266 e. The Hall–Kier alpha value is -3.33. The quantitative estimate of drug-likeness (QED) is 0.625. The first-order valence-electron chi connectivity index (χ1n) is 8.80. The van der Waals surface area contributed by atoms with E-state index in [1.165, 1.54) is 16.7 Å². The molecule has 2 aliphatic heterocycles. The number of anilines is 2. The van der Waals surface area contributed by atoms with Crippen molar-refractivity contribution < 1.29 is 4.79 Å². The maximum absolute atomic E-state index is 13.3. The highest BCUT2D eigenvalue weighted by molar-refractivity contribution is 6.15. The molecular formula is C23H18N2O. The summed E-state index contributed by atoms with van der Waals surface area (Å²) >= 11 is 0. The van der Waals surface area contributed by atoms with Crippen molar-refractivity contribution in [3.05, 3.63) is 101 Å². The van der Waals surface area contributed by atoms with E-state index in [1.54, 1.807) is 0 Å². The second-order valence-electron chi connectivity index (χ2n) is 6.78. The van der Waals surface area contributed by atoms with Crippen LogP contribution < -0.4 is 9.80 Å². The molecule has 26 heavy (non-hydrogen) atoms. The van der Waals surface area contributed by atoms with Gasteiger partial charge in [0.05, 0.1) is 23.5 Å². The van der Waals surface area contributed by atoms with Gasteiger partial charge in [-0.3, -0.25) is 9.69 Å². The molecule has 0 spiro atoms. The molecule has 3 aromatic carbocycles. The third-order valence-electron chi connectivity index (χ3n) is 5.09. The fourth-order valence-corrected chi connectivity index (χ4v) is 3.74. The number of amides is 1. The molecule has 2 aliphatic rings. The van der Waals surface area contributed by atoms with Crippen LogP contribution in [0.25, 0.3) is 6.08 Å². The number of carbonyl (C=O) groups is 1. The second-order valence-corrected chi connectivity index (χ2v) is 6.78. The molecule has 1 amide bonds. The van der Waals surface area contributed by atoms with Crippen LogP contribution in [0, 0.1) is 6.92 Å². The molecule has 0 atom stereocenters. The third-order valence-corrected chi connectivity index (χ3v) is 5.09. The van der Waals surface area contributed by atoms with E-state index < -0.39 is 0 Å². The summed E-state index contributed by atoms with van der Waals surface area (Å²) in [7, 11) is 0. The highest BCUT2D eigenvalue weighted by Gasteiger charge is 2.36. The van der Waals surface area contributed by atoms with Gasteiger partial charge in [0.25, 0.3) is 5.91 Å². The number of benzene rings is 3. The lowest BCUT2D eigenvalue weighted by molar-refractivity contribution is 0.0991. The smallest absolute Gasteiger partial charge is 0.266 e. The zero-order valence-corrected chi connectivity index (χ0v) is 14.5. The standard InChI is InChI=1S/C23H18N2O/c1-16-10-12-19(13-11-16)25-22-14-17-6-2-3-7-18(17)15-24(22)21-9-5-4-8-20(21)23(25)26/h2-14H,15H2,1H3. The normalized spacial score (nSPS) is 15.1. The second kappa shape index (κ2) is 5.60. The summed E-state index contributed by atoms with van der Waals surface area (Å²) in [5, 5.41) is 0. The van der Waals surface area contributed by atoms with E-state index in [2.05, 4.69) is 36.1 Å². The van der Waals surface area contributed by atoms with Crippen molar-refractivity contribution in [2.24, 2.45) is 0 Å². The predicted molar refractivity (Wildman–Crippen MR) is 105 cm³/mol. The predicted octanol–water partition coefficient (Wildman–Crippen LogP) is 4.97. The minimum Gasteiger partial charge on any atom is -0.322 e. The van der Waals surface area contributed by atoms with Crippen molar-refractivity contribution in [1.29, 1.82) is 0 Å². The summed E-state index contributed by atoms with van der Waals surface area (Å²) in [4.78, 5) is 17.4. The van der Waals surface area contributed by atoms with Gasteiger partial charge in [0, 0.05) is 0 Å². The number of aryl methyl sites for hydroxylation is 1. The number of rotatable bonds is 1. The molecule has 0 N–H and O–H groups in total. The summed E-state index contributed by atoms with van der Waals surface area (Å²) < 4.78 is 0. The molecule has 0 aromatic heterocycles. The van der Waals surface area contributed by atoms with Crippen molar-refractivity contribution >= 4 is 23.4 Å². The Morgan fingerprint density at radius 2 is 1.58 bits per heavy atom. The van der Waals surface area contributed by atoms with Gasteiger partial charge in [0.2, 0.25) is 0 Å². The SMILES string of the molecule is Cc1ccc(N2C(=O)c3ccccc3N3Cc4ccccc4C=C32)cc1. The van der Waals surface area contributed by atoms with Crippen LogP contribution in [-0.4, -0.2) is 5.91 Å².